The Labute approximate surface area is 169 Å². The van der Waals surface area contributed by atoms with Crippen molar-refractivity contribution in [3.05, 3.63) is 35.2 Å². The van der Waals surface area contributed by atoms with Crippen LogP contribution in [0.5, 0.6) is 0 Å². The molecule has 148 valence electrons. The van der Waals surface area contributed by atoms with Gasteiger partial charge in [-0.2, -0.15) is 0 Å². The van der Waals surface area contributed by atoms with Gasteiger partial charge in [-0.25, -0.2) is 4.79 Å². The summed E-state index contributed by atoms with van der Waals surface area (Å²) in [5, 5.41) is 4.18. The highest BCUT2D eigenvalue weighted by Gasteiger charge is 2.53. The van der Waals surface area contributed by atoms with Crippen LogP contribution >= 0.6 is 11.3 Å². The Kier molecular flexibility index (Phi) is 4.46. The van der Waals surface area contributed by atoms with Gasteiger partial charge in [-0.1, -0.05) is 18.2 Å². The quantitative estimate of drug-likeness (QED) is 0.739. The molecule has 0 spiro atoms. The first kappa shape index (κ1) is 18.2. The van der Waals surface area contributed by atoms with Crippen LogP contribution < -0.4 is 5.32 Å². The van der Waals surface area contributed by atoms with Gasteiger partial charge in [0.05, 0.1) is 0 Å². The summed E-state index contributed by atoms with van der Waals surface area (Å²) in [6.45, 7) is 1.95. The normalized spacial score (nSPS) is 31.7. The lowest BCUT2D eigenvalue weighted by Gasteiger charge is -2.59. The molecule has 4 aliphatic carbocycles. The highest BCUT2D eigenvalue weighted by atomic mass is 32.1. The zero-order chi connectivity index (χ0) is 19.3. The number of carbonyl (C=O) groups is 2. The number of hydrogen-bond acceptors (Lipinski definition) is 4. The van der Waals surface area contributed by atoms with E-state index >= 15 is 0 Å². The Hall–Kier alpha value is -1.88. The van der Waals surface area contributed by atoms with Crippen LogP contribution in [0.2, 0.25) is 0 Å². The van der Waals surface area contributed by atoms with E-state index < -0.39 is 5.97 Å². The maximum Gasteiger partial charge on any atom is 0.348 e. The van der Waals surface area contributed by atoms with Crippen LogP contribution in [0.4, 0.5) is 0 Å². The molecule has 1 aromatic heterocycles. The largest absolute Gasteiger partial charge is 0.451 e. The van der Waals surface area contributed by atoms with Gasteiger partial charge >= 0.3 is 5.97 Å². The lowest BCUT2D eigenvalue weighted by atomic mass is 9.48. The van der Waals surface area contributed by atoms with Gasteiger partial charge in [0.1, 0.15) is 4.88 Å². The van der Waals surface area contributed by atoms with Crippen molar-refractivity contribution in [1.29, 1.82) is 0 Å². The van der Waals surface area contributed by atoms with Crippen LogP contribution in [-0.2, 0) is 9.53 Å². The summed E-state index contributed by atoms with van der Waals surface area (Å²) in [5.41, 5.74) is 0.264. The maximum atomic E-state index is 12.5. The predicted molar refractivity (Wildman–Crippen MR) is 110 cm³/mol. The Balaban J connectivity index is 1.18. The number of benzene rings is 1. The van der Waals surface area contributed by atoms with Crippen LogP contribution in [0.3, 0.4) is 0 Å². The first-order valence-corrected chi connectivity index (χ1v) is 11.3. The fraction of sp³-hybridized carbons (Fsp3) is 0.565. The average molecular weight is 398 g/mol. The first-order chi connectivity index (χ1) is 13.5. The van der Waals surface area contributed by atoms with E-state index in [1.807, 2.05) is 30.3 Å². The molecule has 1 atom stereocenters. The molecular weight excluding hydrogens is 370 g/mol. The molecule has 4 fully saturated rings. The third-order valence-electron chi connectivity index (χ3n) is 7.34. The smallest absolute Gasteiger partial charge is 0.348 e. The molecule has 28 heavy (non-hydrogen) atoms. The van der Waals surface area contributed by atoms with E-state index in [1.54, 1.807) is 0 Å². The van der Waals surface area contributed by atoms with E-state index in [0.29, 0.717) is 4.88 Å². The van der Waals surface area contributed by atoms with E-state index in [2.05, 4.69) is 12.2 Å². The molecular formula is C23H27NO3S. The summed E-state index contributed by atoms with van der Waals surface area (Å²) in [5.74, 6) is 1.97. The summed E-state index contributed by atoms with van der Waals surface area (Å²) in [6, 6.07) is 9.84. The minimum atomic E-state index is -0.418. The number of fused-ring (bicyclic) bond motifs is 1. The van der Waals surface area contributed by atoms with Crippen LogP contribution in [-0.4, -0.2) is 24.5 Å². The Morgan fingerprint density at radius 3 is 2.43 bits per heavy atom. The molecule has 1 heterocycles. The summed E-state index contributed by atoms with van der Waals surface area (Å²) in [7, 11) is 0. The third kappa shape index (κ3) is 3.24. The SMILES string of the molecule is C[C@@H](NC(=O)COC(=O)c1cc2ccccc2s1)C12CC3CC(CC(C3)C1)C2. The molecule has 1 aromatic carbocycles. The monoisotopic (exact) mass is 397 g/mol. The molecule has 4 aliphatic rings. The van der Waals surface area contributed by atoms with Gasteiger partial charge in [0.25, 0.3) is 5.91 Å². The van der Waals surface area contributed by atoms with Crippen LogP contribution in [0.25, 0.3) is 10.1 Å². The van der Waals surface area contributed by atoms with Gasteiger partial charge < -0.3 is 10.1 Å². The zero-order valence-electron chi connectivity index (χ0n) is 16.3. The lowest BCUT2D eigenvalue weighted by Crippen LogP contribution is -2.56. The van der Waals surface area contributed by atoms with E-state index in [9.17, 15) is 9.59 Å². The summed E-state index contributed by atoms with van der Waals surface area (Å²) < 4.78 is 6.35. The number of ether oxygens (including phenoxy) is 1. The van der Waals surface area contributed by atoms with E-state index in [0.717, 1.165) is 27.8 Å². The molecule has 0 unspecified atom stereocenters. The fourth-order valence-electron chi connectivity index (χ4n) is 6.43. The summed E-state index contributed by atoms with van der Waals surface area (Å²) >= 11 is 1.40. The van der Waals surface area contributed by atoms with Crippen molar-refractivity contribution >= 4 is 33.3 Å². The Morgan fingerprint density at radius 1 is 1.14 bits per heavy atom. The van der Waals surface area contributed by atoms with Crippen LogP contribution in [0.15, 0.2) is 30.3 Å². The van der Waals surface area contributed by atoms with Gasteiger partial charge in [0, 0.05) is 10.7 Å². The molecule has 1 amide bonds. The first-order valence-electron chi connectivity index (χ1n) is 10.5. The summed E-state index contributed by atoms with van der Waals surface area (Å²) in [6.07, 6.45) is 7.94. The molecule has 0 radical (unpaired) electrons. The molecule has 6 rings (SSSR count). The molecule has 0 aliphatic heterocycles. The van der Waals surface area contributed by atoms with Crippen LogP contribution in [0.1, 0.15) is 55.1 Å². The number of rotatable bonds is 5. The van der Waals surface area contributed by atoms with Crippen molar-refractivity contribution in [2.45, 2.75) is 51.5 Å². The summed E-state index contributed by atoms with van der Waals surface area (Å²) in [4.78, 5) is 25.3. The molecule has 5 heteroatoms. The number of carbonyl (C=O) groups excluding carboxylic acids is 2. The number of esters is 1. The topological polar surface area (TPSA) is 55.4 Å². The Morgan fingerprint density at radius 2 is 1.79 bits per heavy atom. The van der Waals surface area contributed by atoms with Gasteiger partial charge in [0.2, 0.25) is 0 Å². The minimum Gasteiger partial charge on any atom is -0.451 e. The number of amides is 1. The highest BCUT2D eigenvalue weighted by molar-refractivity contribution is 7.20. The molecule has 4 bridgehead atoms. The Bertz CT molecular complexity index is 849. The number of nitrogens with one attached hydrogen (secondary N) is 1. The van der Waals surface area contributed by atoms with Crippen molar-refractivity contribution in [2.24, 2.45) is 23.2 Å². The molecule has 2 aromatic rings. The minimum absolute atomic E-state index is 0.149. The fourth-order valence-corrected chi connectivity index (χ4v) is 7.39. The van der Waals surface area contributed by atoms with Gasteiger partial charge in [-0.3, -0.25) is 4.79 Å². The van der Waals surface area contributed by atoms with Crippen LogP contribution in [0, 0.1) is 23.2 Å². The number of hydrogen-bond donors (Lipinski definition) is 1. The maximum absolute atomic E-state index is 12.5. The van der Waals surface area contributed by atoms with Crippen molar-refractivity contribution in [2.75, 3.05) is 6.61 Å². The van der Waals surface area contributed by atoms with E-state index in [4.69, 9.17) is 4.74 Å². The predicted octanol–water partition coefficient (Wildman–Crippen LogP) is 4.78. The van der Waals surface area contributed by atoms with Gasteiger partial charge in [-0.15, -0.1) is 11.3 Å². The second-order valence-corrected chi connectivity index (χ2v) is 10.4. The standard InChI is InChI=1S/C23H27NO3S/c1-14(23-10-15-6-16(11-23)8-17(7-15)12-23)24-21(25)13-27-22(26)20-9-18-4-2-3-5-19(18)28-20/h2-5,9,14-17H,6-8,10-13H2,1H3,(H,24,25)/t14-,15?,16?,17?,23?/m1/s1. The molecule has 4 nitrogen and oxygen atoms in total. The van der Waals surface area contributed by atoms with Crippen molar-refractivity contribution < 1.29 is 14.3 Å². The van der Waals surface area contributed by atoms with E-state index in [1.165, 1.54) is 49.9 Å². The van der Waals surface area contributed by atoms with Gasteiger partial charge in [0.15, 0.2) is 6.61 Å². The second kappa shape index (κ2) is 6.87. The molecule has 1 N–H and O–H groups in total. The molecule has 0 saturated heterocycles. The van der Waals surface area contributed by atoms with Gasteiger partial charge in [-0.05, 0) is 86.1 Å². The second-order valence-electron chi connectivity index (χ2n) is 9.29. The third-order valence-corrected chi connectivity index (χ3v) is 8.44. The van der Waals surface area contributed by atoms with Crippen molar-refractivity contribution in [3.8, 4) is 0 Å². The highest BCUT2D eigenvalue weighted by Crippen LogP contribution is 2.61. The average Bonchev–Trinajstić information content (AvgIpc) is 3.09. The van der Waals surface area contributed by atoms with Crippen molar-refractivity contribution in [1.82, 2.24) is 5.32 Å². The van der Waals surface area contributed by atoms with E-state index in [-0.39, 0.29) is 24.0 Å². The zero-order valence-corrected chi connectivity index (χ0v) is 17.1. The number of thiophene rings is 1. The lowest BCUT2D eigenvalue weighted by molar-refractivity contribution is -0.128. The molecule has 4 saturated carbocycles. The van der Waals surface area contributed by atoms with Crippen molar-refractivity contribution in [3.63, 3.8) is 0 Å².